The van der Waals surface area contributed by atoms with Crippen LogP contribution in [0.2, 0.25) is 0 Å². The van der Waals surface area contributed by atoms with Crippen molar-refractivity contribution in [2.75, 3.05) is 7.11 Å². The lowest BCUT2D eigenvalue weighted by Gasteiger charge is -2.16. The maximum Gasteiger partial charge on any atom is 0.331 e. The predicted molar refractivity (Wildman–Crippen MR) is 85.5 cm³/mol. The Bertz CT molecular complexity index is 872. The molecule has 0 aliphatic carbocycles. The number of hydrogen-bond donors (Lipinski definition) is 1. The number of benzene rings is 1. The van der Waals surface area contributed by atoms with Crippen LogP contribution >= 0.6 is 0 Å². The molecule has 1 aromatic carbocycles. The van der Waals surface area contributed by atoms with Crippen molar-refractivity contribution in [2.45, 2.75) is 19.5 Å². The fourth-order valence-electron chi connectivity index (χ4n) is 2.21. The number of carbonyl (C=O) groups is 1. The van der Waals surface area contributed by atoms with E-state index in [-0.39, 0.29) is 12.3 Å². The van der Waals surface area contributed by atoms with Crippen LogP contribution in [0.3, 0.4) is 0 Å². The molecule has 1 atom stereocenters. The summed E-state index contributed by atoms with van der Waals surface area (Å²) in [5, 5.41) is 2.68. The number of nitrogens with one attached hydrogen (secondary N) is 1. The van der Waals surface area contributed by atoms with Crippen molar-refractivity contribution >= 4 is 5.91 Å². The molecule has 1 amide bonds. The van der Waals surface area contributed by atoms with E-state index in [1.807, 2.05) is 0 Å². The fraction of sp³-hybridized carbons (Fsp3) is 0.312. The third kappa shape index (κ3) is 3.70. The van der Waals surface area contributed by atoms with Crippen LogP contribution in [0.1, 0.15) is 18.5 Å². The van der Waals surface area contributed by atoms with Crippen LogP contribution in [0.5, 0.6) is 5.75 Å². The molecular weight excluding hydrogens is 317 g/mol. The van der Waals surface area contributed by atoms with Crippen molar-refractivity contribution in [3.8, 4) is 5.75 Å². The first-order chi connectivity index (χ1) is 11.3. The van der Waals surface area contributed by atoms with E-state index in [1.54, 1.807) is 13.0 Å². The molecule has 128 valence electrons. The number of amides is 1. The highest BCUT2D eigenvalue weighted by atomic mass is 19.1. The van der Waals surface area contributed by atoms with E-state index in [0.717, 1.165) is 9.13 Å². The summed E-state index contributed by atoms with van der Waals surface area (Å²) >= 11 is 0. The third-order valence-corrected chi connectivity index (χ3v) is 3.63. The molecule has 0 radical (unpaired) electrons. The molecule has 0 aliphatic rings. The summed E-state index contributed by atoms with van der Waals surface area (Å²) in [4.78, 5) is 35.3. The highest BCUT2D eigenvalue weighted by Gasteiger charge is 2.13. The molecule has 0 saturated carbocycles. The lowest BCUT2D eigenvalue weighted by atomic mass is 10.1. The molecule has 8 heteroatoms. The van der Waals surface area contributed by atoms with Crippen LogP contribution in [0.15, 0.2) is 40.1 Å². The zero-order valence-electron chi connectivity index (χ0n) is 13.6. The number of hydrogen-bond acceptors (Lipinski definition) is 4. The highest BCUT2D eigenvalue weighted by molar-refractivity contribution is 5.76. The molecule has 0 saturated heterocycles. The number of halogens is 1. The second-order valence-electron chi connectivity index (χ2n) is 5.31. The summed E-state index contributed by atoms with van der Waals surface area (Å²) in [6.07, 6.45) is 1.27. The first-order valence-electron chi connectivity index (χ1n) is 7.22. The van der Waals surface area contributed by atoms with Crippen molar-refractivity contribution in [1.29, 1.82) is 0 Å². The van der Waals surface area contributed by atoms with Crippen molar-refractivity contribution in [3.05, 3.63) is 62.7 Å². The maximum atomic E-state index is 13.7. The maximum absolute atomic E-state index is 13.7. The molecule has 2 rings (SSSR count). The van der Waals surface area contributed by atoms with Crippen LogP contribution in [-0.4, -0.2) is 22.2 Å². The zero-order chi connectivity index (χ0) is 17.9. The molecule has 1 aromatic heterocycles. The number of carbonyl (C=O) groups excluding carboxylic acids is 1. The Balaban J connectivity index is 2.09. The fourth-order valence-corrected chi connectivity index (χ4v) is 2.21. The van der Waals surface area contributed by atoms with Gasteiger partial charge in [0.1, 0.15) is 6.54 Å². The highest BCUT2D eigenvalue weighted by Crippen LogP contribution is 2.21. The smallest absolute Gasteiger partial charge is 0.331 e. The Morgan fingerprint density at radius 3 is 2.67 bits per heavy atom. The zero-order valence-corrected chi connectivity index (χ0v) is 13.6. The van der Waals surface area contributed by atoms with Crippen molar-refractivity contribution in [3.63, 3.8) is 0 Å². The minimum atomic E-state index is -0.583. The monoisotopic (exact) mass is 335 g/mol. The van der Waals surface area contributed by atoms with Gasteiger partial charge in [-0.25, -0.2) is 9.18 Å². The van der Waals surface area contributed by atoms with Gasteiger partial charge in [0.15, 0.2) is 11.6 Å². The van der Waals surface area contributed by atoms with E-state index in [4.69, 9.17) is 4.74 Å². The summed E-state index contributed by atoms with van der Waals surface area (Å²) in [5.41, 5.74) is -0.464. The average Bonchev–Trinajstić information content (AvgIpc) is 2.55. The largest absolute Gasteiger partial charge is 0.494 e. The minimum absolute atomic E-state index is 0.119. The van der Waals surface area contributed by atoms with Crippen LogP contribution in [0, 0.1) is 5.82 Å². The molecule has 0 unspecified atom stereocenters. The summed E-state index contributed by atoms with van der Waals surface area (Å²) < 4.78 is 20.6. The van der Waals surface area contributed by atoms with Gasteiger partial charge in [0, 0.05) is 19.3 Å². The lowest BCUT2D eigenvalue weighted by molar-refractivity contribution is -0.122. The predicted octanol–water partition coefficient (Wildman–Crippen LogP) is 0.572. The molecule has 2 aromatic rings. The Labute approximate surface area is 137 Å². The van der Waals surface area contributed by atoms with Gasteiger partial charge in [-0.3, -0.25) is 18.7 Å². The van der Waals surface area contributed by atoms with Gasteiger partial charge in [-0.05, 0) is 24.6 Å². The van der Waals surface area contributed by atoms with Crippen molar-refractivity contribution in [2.24, 2.45) is 7.05 Å². The van der Waals surface area contributed by atoms with E-state index in [0.29, 0.717) is 5.56 Å². The van der Waals surface area contributed by atoms with Gasteiger partial charge in [-0.1, -0.05) is 6.07 Å². The van der Waals surface area contributed by atoms with Gasteiger partial charge < -0.3 is 10.1 Å². The van der Waals surface area contributed by atoms with Crippen LogP contribution < -0.4 is 21.3 Å². The van der Waals surface area contributed by atoms with Crippen molar-refractivity contribution < 1.29 is 13.9 Å². The molecule has 0 aliphatic heterocycles. The lowest BCUT2D eigenvalue weighted by Crippen LogP contribution is -2.40. The molecule has 24 heavy (non-hydrogen) atoms. The second-order valence-corrected chi connectivity index (χ2v) is 5.31. The van der Waals surface area contributed by atoms with Gasteiger partial charge in [0.2, 0.25) is 5.91 Å². The van der Waals surface area contributed by atoms with Gasteiger partial charge in [0.05, 0.1) is 13.2 Å². The molecule has 0 spiro atoms. The van der Waals surface area contributed by atoms with Gasteiger partial charge >= 0.3 is 5.69 Å². The number of aromatic nitrogens is 2. The van der Waals surface area contributed by atoms with E-state index >= 15 is 0 Å². The first kappa shape index (κ1) is 17.5. The SMILES string of the molecule is COc1ccc([C@@H](C)NC(=O)Cn2ccc(=O)n(C)c2=O)cc1F. The van der Waals surface area contributed by atoms with Crippen LogP contribution in [-0.2, 0) is 18.4 Å². The minimum Gasteiger partial charge on any atom is -0.494 e. The molecule has 0 fully saturated rings. The number of ether oxygens (including phenoxy) is 1. The van der Waals surface area contributed by atoms with Crippen LogP contribution in [0.25, 0.3) is 0 Å². The van der Waals surface area contributed by atoms with E-state index < -0.39 is 29.0 Å². The normalized spacial score (nSPS) is 11.8. The topological polar surface area (TPSA) is 82.3 Å². The Hall–Kier alpha value is -2.90. The summed E-state index contributed by atoms with van der Waals surface area (Å²) in [7, 11) is 2.70. The Morgan fingerprint density at radius 1 is 1.33 bits per heavy atom. The first-order valence-corrected chi connectivity index (χ1v) is 7.22. The van der Waals surface area contributed by atoms with Crippen LogP contribution in [0.4, 0.5) is 4.39 Å². The Morgan fingerprint density at radius 2 is 2.04 bits per heavy atom. The third-order valence-electron chi connectivity index (χ3n) is 3.63. The van der Waals surface area contributed by atoms with E-state index in [2.05, 4.69) is 5.32 Å². The average molecular weight is 335 g/mol. The standard InChI is InChI=1S/C16H18FN3O4/c1-10(11-4-5-13(24-3)12(17)8-11)18-14(21)9-20-7-6-15(22)19(2)16(20)23/h4-8,10H,9H2,1-3H3,(H,18,21)/t10-/m1/s1. The molecule has 0 bridgehead atoms. The van der Waals surface area contributed by atoms with E-state index in [1.165, 1.54) is 38.6 Å². The molecule has 7 nitrogen and oxygen atoms in total. The molecular formula is C16H18FN3O4. The molecule has 1 heterocycles. The number of rotatable bonds is 5. The van der Waals surface area contributed by atoms with E-state index in [9.17, 15) is 18.8 Å². The van der Waals surface area contributed by atoms with Gasteiger partial charge in [-0.2, -0.15) is 0 Å². The summed E-state index contributed by atoms with van der Waals surface area (Å²) in [5.74, 6) is -0.834. The number of nitrogens with zero attached hydrogens (tertiary/aromatic N) is 2. The van der Waals surface area contributed by atoms with Gasteiger partial charge in [0.25, 0.3) is 5.56 Å². The number of methoxy groups -OCH3 is 1. The molecule has 1 N–H and O–H groups in total. The quantitative estimate of drug-likeness (QED) is 0.866. The van der Waals surface area contributed by atoms with Gasteiger partial charge in [-0.15, -0.1) is 0 Å². The van der Waals surface area contributed by atoms with Crippen molar-refractivity contribution in [1.82, 2.24) is 14.5 Å². The second kappa shape index (κ2) is 7.12. The Kier molecular flexibility index (Phi) is 5.18. The summed E-state index contributed by atoms with van der Waals surface area (Å²) in [6.45, 7) is 1.46. The summed E-state index contributed by atoms with van der Waals surface area (Å²) in [6, 6.07) is 5.15.